The zero-order valence-electron chi connectivity index (χ0n) is 11.8. The Bertz CT molecular complexity index is 443. The van der Waals surface area contributed by atoms with E-state index in [1.807, 2.05) is 6.07 Å². The van der Waals surface area contributed by atoms with Crippen LogP contribution in [0.5, 0.6) is 11.5 Å². The number of anilines is 2. The first-order chi connectivity index (χ1) is 9.08. The predicted octanol–water partition coefficient (Wildman–Crippen LogP) is 2.27. The fraction of sp³-hybridized carbons (Fsp3) is 0.571. The number of benzene rings is 1. The molecule has 0 radical (unpaired) electrons. The molecule has 0 spiro atoms. The summed E-state index contributed by atoms with van der Waals surface area (Å²) in [6.07, 6.45) is 2.17. The van der Waals surface area contributed by atoms with Gasteiger partial charge in [0.1, 0.15) is 0 Å². The molecule has 1 aliphatic rings. The van der Waals surface area contributed by atoms with Gasteiger partial charge in [-0.3, -0.25) is 0 Å². The van der Waals surface area contributed by atoms with Crippen molar-refractivity contribution in [1.29, 1.82) is 0 Å². The van der Waals surface area contributed by atoms with E-state index < -0.39 is 0 Å². The van der Waals surface area contributed by atoms with E-state index in [1.54, 1.807) is 20.3 Å². The second-order valence-corrected chi connectivity index (χ2v) is 5.05. The van der Waals surface area contributed by atoms with Crippen LogP contribution in [-0.2, 0) is 4.74 Å². The molecule has 1 fully saturated rings. The van der Waals surface area contributed by atoms with Gasteiger partial charge >= 0.3 is 0 Å². The first-order valence-electron chi connectivity index (χ1n) is 6.47. The number of ether oxygens (including phenoxy) is 3. The molecule has 1 aromatic carbocycles. The van der Waals surface area contributed by atoms with Gasteiger partial charge in [0.15, 0.2) is 11.5 Å². The zero-order valence-corrected chi connectivity index (χ0v) is 11.8. The van der Waals surface area contributed by atoms with Crippen LogP contribution in [0, 0.1) is 0 Å². The molecule has 0 bridgehead atoms. The molecule has 5 nitrogen and oxygen atoms in total. The van der Waals surface area contributed by atoms with Gasteiger partial charge in [0.05, 0.1) is 31.2 Å². The lowest BCUT2D eigenvalue weighted by atomic mass is 10.0. The summed E-state index contributed by atoms with van der Waals surface area (Å²) < 4.78 is 16.2. The lowest BCUT2D eigenvalue weighted by Gasteiger charge is -2.24. The Labute approximate surface area is 114 Å². The van der Waals surface area contributed by atoms with Crippen molar-refractivity contribution in [2.75, 3.05) is 38.4 Å². The van der Waals surface area contributed by atoms with Crippen LogP contribution in [0.15, 0.2) is 12.1 Å². The molecule has 0 amide bonds. The minimum absolute atomic E-state index is 0.112. The molecular formula is C14H22N2O3. The molecule has 1 atom stereocenters. The second-order valence-electron chi connectivity index (χ2n) is 5.05. The van der Waals surface area contributed by atoms with Gasteiger partial charge in [0.25, 0.3) is 0 Å². The Hall–Kier alpha value is -1.62. The van der Waals surface area contributed by atoms with E-state index in [-0.39, 0.29) is 5.60 Å². The molecule has 0 aliphatic carbocycles. The normalized spacial score (nSPS) is 22.3. The van der Waals surface area contributed by atoms with E-state index >= 15 is 0 Å². The summed E-state index contributed by atoms with van der Waals surface area (Å²) in [5.74, 6) is 1.30. The first kappa shape index (κ1) is 13.8. The molecule has 5 heteroatoms. The number of nitrogens with one attached hydrogen (secondary N) is 1. The van der Waals surface area contributed by atoms with Crippen molar-refractivity contribution < 1.29 is 14.2 Å². The SMILES string of the molecule is COc1cc(N)c(NCC2(C)CCCO2)cc1OC. The minimum atomic E-state index is -0.112. The maximum Gasteiger partial charge on any atom is 0.162 e. The van der Waals surface area contributed by atoms with Crippen molar-refractivity contribution in [3.63, 3.8) is 0 Å². The van der Waals surface area contributed by atoms with Crippen molar-refractivity contribution in [3.05, 3.63) is 12.1 Å². The molecule has 1 aliphatic heterocycles. The number of rotatable bonds is 5. The van der Waals surface area contributed by atoms with Gasteiger partial charge in [-0.2, -0.15) is 0 Å². The van der Waals surface area contributed by atoms with Gasteiger partial charge in [-0.25, -0.2) is 0 Å². The second kappa shape index (κ2) is 5.57. The monoisotopic (exact) mass is 266 g/mol. The Morgan fingerprint density at radius 1 is 1.32 bits per heavy atom. The highest BCUT2D eigenvalue weighted by Gasteiger charge is 2.29. The van der Waals surface area contributed by atoms with Crippen LogP contribution in [0.25, 0.3) is 0 Å². The standard InChI is InChI=1S/C14H22N2O3/c1-14(5-4-6-19-14)9-16-11-8-13(18-3)12(17-2)7-10(11)15/h7-8,16H,4-6,9,15H2,1-3H3. The van der Waals surface area contributed by atoms with E-state index in [1.165, 1.54) is 0 Å². The summed E-state index contributed by atoms with van der Waals surface area (Å²) >= 11 is 0. The molecule has 3 N–H and O–H groups in total. The average Bonchev–Trinajstić information content (AvgIpc) is 2.84. The van der Waals surface area contributed by atoms with Gasteiger partial charge < -0.3 is 25.3 Å². The Morgan fingerprint density at radius 3 is 2.58 bits per heavy atom. The van der Waals surface area contributed by atoms with Gasteiger partial charge in [-0.15, -0.1) is 0 Å². The van der Waals surface area contributed by atoms with Crippen molar-refractivity contribution >= 4 is 11.4 Å². The minimum Gasteiger partial charge on any atom is -0.493 e. The lowest BCUT2D eigenvalue weighted by Crippen LogP contribution is -2.32. The van der Waals surface area contributed by atoms with Crippen LogP contribution in [0.4, 0.5) is 11.4 Å². The molecule has 1 aromatic rings. The molecule has 19 heavy (non-hydrogen) atoms. The third-order valence-corrected chi connectivity index (χ3v) is 3.51. The van der Waals surface area contributed by atoms with Crippen molar-refractivity contribution in [1.82, 2.24) is 0 Å². The fourth-order valence-corrected chi connectivity index (χ4v) is 2.31. The van der Waals surface area contributed by atoms with Gasteiger partial charge in [-0.05, 0) is 19.8 Å². The van der Waals surface area contributed by atoms with Gasteiger partial charge in [-0.1, -0.05) is 0 Å². The van der Waals surface area contributed by atoms with Gasteiger partial charge in [0, 0.05) is 25.3 Å². The van der Waals surface area contributed by atoms with Crippen LogP contribution in [0.1, 0.15) is 19.8 Å². The van der Waals surface area contributed by atoms with E-state index in [0.29, 0.717) is 17.2 Å². The topological polar surface area (TPSA) is 65.7 Å². The highest BCUT2D eigenvalue weighted by Crippen LogP contribution is 2.35. The highest BCUT2D eigenvalue weighted by atomic mass is 16.5. The van der Waals surface area contributed by atoms with Crippen LogP contribution < -0.4 is 20.5 Å². The summed E-state index contributed by atoms with van der Waals surface area (Å²) in [6, 6.07) is 3.62. The Kier molecular flexibility index (Phi) is 4.04. The van der Waals surface area contributed by atoms with Crippen molar-refractivity contribution in [2.24, 2.45) is 0 Å². The van der Waals surface area contributed by atoms with E-state index in [2.05, 4.69) is 12.2 Å². The molecule has 1 heterocycles. The summed E-state index contributed by atoms with van der Waals surface area (Å²) in [7, 11) is 3.21. The zero-order chi connectivity index (χ0) is 13.9. The molecule has 1 unspecified atom stereocenters. The molecule has 0 saturated carbocycles. The summed E-state index contributed by atoms with van der Waals surface area (Å²) in [5.41, 5.74) is 7.38. The Morgan fingerprint density at radius 2 is 2.00 bits per heavy atom. The van der Waals surface area contributed by atoms with Crippen LogP contribution in [0.3, 0.4) is 0 Å². The van der Waals surface area contributed by atoms with Crippen molar-refractivity contribution in [3.8, 4) is 11.5 Å². The largest absolute Gasteiger partial charge is 0.493 e. The average molecular weight is 266 g/mol. The number of hydrogen-bond donors (Lipinski definition) is 2. The summed E-state index contributed by atoms with van der Waals surface area (Å²) in [6.45, 7) is 3.68. The third-order valence-electron chi connectivity index (χ3n) is 3.51. The summed E-state index contributed by atoms with van der Waals surface area (Å²) in [4.78, 5) is 0. The predicted molar refractivity (Wildman–Crippen MR) is 76.0 cm³/mol. The summed E-state index contributed by atoms with van der Waals surface area (Å²) in [5, 5.41) is 3.34. The van der Waals surface area contributed by atoms with Gasteiger partial charge in [0.2, 0.25) is 0 Å². The van der Waals surface area contributed by atoms with Crippen LogP contribution in [0.2, 0.25) is 0 Å². The molecular weight excluding hydrogens is 244 g/mol. The first-order valence-corrected chi connectivity index (χ1v) is 6.47. The van der Waals surface area contributed by atoms with E-state index in [4.69, 9.17) is 19.9 Å². The van der Waals surface area contributed by atoms with Crippen LogP contribution in [-0.4, -0.2) is 33.0 Å². The number of hydrogen-bond acceptors (Lipinski definition) is 5. The van der Waals surface area contributed by atoms with E-state index in [9.17, 15) is 0 Å². The lowest BCUT2D eigenvalue weighted by molar-refractivity contribution is 0.0315. The maximum absolute atomic E-state index is 6.01. The molecule has 106 valence electrons. The third kappa shape index (κ3) is 3.04. The highest BCUT2D eigenvalue weighted by molar-refractivity contribution is 5.72. The quantitative estimate of drug-likeness (QED) is 0.800. The molecule has 1 saturated heterocycles. The Balaban J connectivity index is 2.11. The molecule has 2 rings (SSSR count). The smallest absolute Gasteiger partial charge is 0.162 e. The molecule has 0 aromatic heterocycles. The number of nitrogens with two attached hydrogens (primary N) is 1. The van der Waals surface area contributed by atoms with E-state index in [0.717, 1.165) is 31.7 Å². The van der Waals surface area contributed by atoms with Crippen LogP contribution >= 0.6 is 0 Å². The number of nitrogen functional groups attached to an aromatic ring is 1. The fourth-order valence-electron chi connectivity index (χ4n) is 2.31. The maximum atomic E-state index is 6.01. The van der Waals surface area contributed by atoms with Crippen molar-refractivity contribution in [2.45, 2.75) is 25.4 Å². The number of methoxy groups -OCH3 is 2.